The third-order valence-corrected chi connectivity index (χ3v) is 5.22. The summed E-state index contributed by atoms with van der Waals surface area (Å²) in [6, 6.07) is 7.24. The number of hydrogen-bond acceptors (Lipinski definition) is 5. The molecule has 2 aromatic rings. The first-order chi connectivity index (χ1) is 12.4. The van der Waals surface area contributed by atoms with E-state index in [1.165, 1.54) is 11.8 Å². The molecule has 1 atom stereocenters. The van der Waals surface area contributed by atoms with Gasteiger partial charge in [-0.1, -0.05) is 21.1 Å². The number of rotatable bonds is 8. The molecule has 140 valence electrons. The van der Waals surface area contributed by atoms with Gasteiger partial charge in [-0.05, 0) is 45.0 Å². The Balaban J connectivity index is 1.66. The molecule has 1 heterocycles. The van der Waals surface area contributed by atoms with E-state index in [9.17, 15) is 9.59 Å². The van der Waals surface area contributed by atoms with Crippen molar-refractivity contribution in [1.29, 1.82) is 0 Å². The molecule has 1 unspecified atom stereocenters. The minimum atomic E-state index is -0.153. The first kappa shape index (κ1) is 20.5. The van der Waals surface area contributed by atoms with E-state index in [1.807, 2.05) is 45.0 Å². The second-order valence-corrected chi connectivity index (χ2v) is 7.91. The van der Waals surface area contributed by atoms with Crippen LogP contribution in [0.1, 0.15) is 36.4 Å². The Bertz CT molecular complexity index is 742. The smallest absolute Gasteiger partial charge is 0.234 e. The van der Waals surface area contributed by atoms with Crippen molar-refractivity contribution < 1.29 is 14.1 Å². The van der Waals surface area contributed by atoms with Crippen LogP contribution in [-0.2, 0) is 9.59 Å². The fraction of sp³-hybridized carbons (Fsp3) is 0.389. The van der Waals surface area contributed by atoms with Crippen molar-refractivity contribution in [3.63, 3.8) is 0 Å². The molecule has 6 nitrogen and oxygen atoms in total. The third-order valence-electron chi connectivity index (χ3n) is 3.73. The molecule has 8 heteroatoms. The first-order valence-electron chi connectivity index (χ1n) is 8.22. The van der Waals surface area contributed by atoms with Gasteiger partial charge in [-0.15, -0.1) is 0 Å². The summed E-state index contributed by atoms with van der Waals surface area (Å²) < 4.78 is 6.09. The number of nitrogens with one attached hydrogen (secondary N) is 2. The number of halogens is 1. The van der Waals surface area contributed by atoms with E-state index in [1.54, 1.807) is 0 Å². The van der Waals surface area contributed by atoms with Gasteiger partial charge in [0.05, 0.1) is 17.5 Å². The maximum Gasteiger partial charge on any atom is 0.234 e. The molecule has 0 radical (unpaired) electrons. The van der Waals surface area contributed by atoms with Gasteiger partial charge in [-0.2, -0.15) is 11.8 Å². The molecule has 2 N–H and O–H groups in total. The zero-order valence-electron chi connectivity index (χ0n) is 15.0. The number of thioether (sulfide) groups is 1. The molecule has 0 bridgehead atoms. The molecule has 0 fully saturated rings. The molecule has 0 saturated heterocycles. The molecule has 0 aliphatic heterocycles. The van der Waals surface area contributed by atoms with E-state index >= 15 is 0 Å². The summed E-state index contributed by atoms with van der Waals surface area (Å²) >= 11 is 4.78. The Morgan fingerprint density at radius 1 is 1.23 bits per heavy atom. The Morgan fingerprint density at radius 3 is 2.54 bits per heavy atom. The molecule has 0 aliphatic carbocycles. The minimum absolute atomic E-state index is 0.0571. The lowest BCUT2D eigenvalue weighted by atomic mass is 10.1. The van der Waals surface area contributed by atoms with E-state index < -0.39 is 0 Å². The lowest BCUT2D eigenvalue weighted by molar-refractivity contribution is -0.121. The van der Waals surface area contributed by atoms with E-state index in [0.717, 1.165) is 21.4 Å². The summed E-state index contributed by atoms with van der Waals surface area (Å²) in [6.07, 6.45) is 0.351. The predicted octanol–water partition coefficient (Wildman–Crippen LogP) is 3.99. The average Bonchev–Trinajstić information content (AvgIpc) is 2.92. The average molecular weight is 440 g/mol. The summed E-state index contributed by atoms with van der Waals surface area (Å²) in [5.74, 6) is 1.46. The SMILES string of the molecule is Cc1noc(C)c1C(C)NC(=O)CCSCC(=O)Nc1ccc(Br)cc1. The van der Waals surface area contributed by atoms with Crippen LogP contribution in [-0.4, -0.2) is 28.5 Å². The summed E-state index contributed by atoms with van der Waals surface area (Å²) in [5, 5.41) is 9.66. The van der Waals surface area contributed by atoms with E-state index in [-0.39, 0.29) is 17.9 Å². The van der Waals surface area contributed by atoms with Gasteiger partial charge < -0.3 is 15.2 Å². The Hall–Kier alpha value is -1.80. The van der Waals surface area contributed by atoms with Crippen LogP contribution in [0.5, 0.6) is 0 Å². The van der Waals surface area contributed by atoms with Crippen molar-refractivity contribution in [3.05, 3.63) is 45.8 Å². The summed E-state index contributed by atoms with van der Waals surface area (Å²) in [5.41, 5.74) is 2.46. The maximum atomic E-state index is 12.1. The van der Waals surface area contributed by atoms with Crippen LogP contribution in [0.15, 0.2) is 33.3 Å². The molecule has 2 amide bonds. The van der Waals surface area contributed by atoms with Crippen LogP contribution in [0.25, 0.3) is 0 Å². The third kappa shape index (κ3) is 6.17. The van der Waals surface area contributed by atoms with Gasteiger partial charge in [-0.3, -0.25) is 9.59 Å². The van der Waals surface area contributed by atoms with Gasteiger partial charge in [0.15, 0.2) is 0 Å². The van der Waals surface area contributed by atoms with Gasteiger partial charge in [0.2, 0.25) is 11.8 Å². The van der Waals surface area contributed by atoms with Crippen LogP contribution in [0.2, 0.25) is 0 Å². The molecule has 0 spiro atoms. The van der Waals surface area contributed by atoms with E-state index in [0.29, 0.717) is 23.7 Å². The molecule has 26 heavy (non-hydrogen) atoms. The highest BCUT2D eigenvalue weighted by Gasteiger charge is 2.18. The van der Waals surface area contributed by atoms with E-state index in [2.05, 4.69) is 31.7 Å². The van der Waals surface area contributed by atoms with Gasteiger partial charge in [0, 0.05) is 27.9 Å². The van der Waals surface area contributed by atoms with Gasteiger partial charge >= 0.3 is 0 Å². The molecule has 0 saturated carbocycles. The standard InChI is InChI=1S/C18H22BrN3O3S/c1-11(18-12(2)22-25-13(18)3)20-16(23)8-9-26-10-17(24)21-15-6-4-14(19)5-7-15/h4-7,11H,8-10H2,1-3H3,(H,20,23)(H,21,24). The number of aryl methyl sites for hydroxylation is 2. The monoisotopic (exact) mass is 439 g/mol. The zero-order chi connectivity index (χ0) is 19.1. The highest BCUT2D eigenvalue weighted by Crippen LogP contribution is 2.21. The van der Waals surface area contributed by atoms with Crippen LogP contribution < -0.4 is 10.6 Å². The fourth-order valence-corrected chi connectivity index (χ4v) is 3.55. The predicted molar refractivity (Wildman–Crippen MR) is 107 cm³/mol. The van der Waals surface area contributed by atoms with Gasteiger partial charge in [-0.25, -0.2) is 0 Å². The van der Waals surface area contributed by atoms with Crippen molar-refractivity contribution in [3.8, 4) is 0 Å². The summed E-state index contributed by atoms with van der Waals surface area (Å²) in [4.78, 5) is 23.9. The lowest BCUT2D eigenvalue weighted by Gasteiger charge is -2.13. The second kappa shape index (κ2) is 9.78. The maximum absolute atomic E-state index is 12.1. The minimum Gasteiger partial charge on any atom is -0.361 e. The molecule has 1 aromatic heterocycles. The number of nitrogens with zero attached hydrogens (tertiary/aromatic N) is 1. The molecule has 0 aliphatic rings. The van der Waals surface area contributed by atoms with Gasteiger partial charge in [0.1, 0.15) is 5.76 Å². The van der Waals surface area contributed by atoms with Crippen molar-refractivity contribution >= 4 is 45.2 Å². The number of carbonyl (C=O) groups is 2. The van der Waals surface area contributed by atoms with Crippen molar-refractivity contribution in [2.75, 3.05) is 16.8 Å². The van der Waals surface area contributed by atoms with Crippen molar-refractivity contribution in [1.82, 2.24) is 10.5 Å². The lowest BCUT2D eigenvalue weighted by Crippen LogP contribution is -2.27. The van der Waals surface area contributed by atoms with Crippen molar-refractivity contribution in [2.45, 2.75) is 33.2 Å². The Morgan fingerprint density at radius 2 is 1.92 bits per heavy atom. The summed E-state index contributed by atoms with van der Waals surface area (Å²) in [6.45, 7) is 5.59. The number of hydrogen-bond donors (Lipinski definition) is 2. The number of aromatic nitrogens is 1. The Kier molecular flexibility index (Phi) is 7.71. The number of amides is 2. The number of benzene rings is 1. The first-order valence-corrected chi connectivity index (χ1v) is 10.2. The van der Waals surface area contributed by atoms with E-state index in [4.69, 9.17) is 4.52 Å². The topological polar surface area (TPSA) is 84.2 Å². The van der Waals surface area contributed by atoms with Crippen molar-refractivity contribution in [2.24, 2.45) is 0 Å². The fourth-order valence-electron chi connectivity index (χ4n) is 2.55. The molecular formula is C18H22BrN3O3S. The van der Waals surface area contributed by atoms with Crippen LogP contribution in [0.3, 0.4) is 0 Å². The number of anilines is 1. The van der Waals surface area contributed by atoms with Gasteiger partial charge in [0.25, 0.3) is 0 Å². The van der Waals surface area contributed by atoms with Crippen LogP contribution in [0.4, 0.5) is 5.69 Å². The van der Waals surface area contributed by atoms with Crippen LogP contribution >= 0.6 is 27.7 Å². The molecule has 2 rings (SSSR count). The second-order valence-electron chi connectivity index (χ2n) is 5.88. The molecular weight excluding hydrogens is 418 g/mol. The van der Waals surface area contributed by atoms with Crippen LogP contribution in [0, 0.1) is 13.8 Å². The zero-order valence-corrected chi connectivity index (χ0v) is 17.4. The highest BCUT2D eigenvalue weighted by atomic mass is 79.9. The Labute approximate surface area is 165 Å². The quantitative estimate of drug-likeness (QED) is 0.607. The largest absolute Gasteiger partial charge is 0.361 e. The highest BCUT2D eigenvalue weighted by molar-refractivity contribution is 9.10. The normalized spacial score (nSPS) is 11.8. The molecule has 1 aromatic carbocycles. The summed E-state index contributed by atoms with van der Waals surface area (Å²) in [7, 11) is 0. The number of carbonyl (C=O) groups excluding carboxylic acids is 2.